The lowest BCUT2D eigenvalue weighted by Gasteiger charge is -2.11. The number of carbonyl (C=O) groups excluding carboxylic acids is 1. The first-order valence-corrected chi connectivity index (χ1v) is 11.9. The van der Waals surface area contributed by atoms with Crippen molar-refractivity contribution < 1.29 is 9.53 Å². The fourth-order valence-electron chi connectivity index (χ4n) is 3.25. The third kappa shape index (κ3) is 5.49. The maximum Gasteiger partial charge on any atom is 0.278 e. The molecule has 34 heavy (non-hydrogen) atoms. The van der Waals surface area contributed by atoms with Crippen molar-refractivity contribution in [2.24, 2.45) is 0 Å². The van der Waals surface area contributed by atoms with Crippen LogP contribution in [0.4, 0.5) is 5.69 Å². The summed E-state index contributed by atoms with van der Waals surface area (Å²) < 4.78 is 6.94. The van der Waals surface area contributed by atoms with Crippen LogP contribution in [-0.2, 0) is 5.75 Å². The second-order valence-electron chi connectivity index (χ2n) is 7.29. The summed E-state index contributed by atoms with van der Waals surface area (Å²) in [7, 11) is 1.52. The Morgan fingerprint density at radius 2 is 1.71 bits per heavy atom. The fourth-order valence-corrected chi connectivity index (χ4v) is 4.49. The SMILES string of the molecule is COc1ccc(Cl)cc1NC(=O)c1nnn(-c2ccc(Cl)cc2)c1CSc1nc(C)cc(C)n1. The van der Waals surface area contributed by atoms with Crippen LogP contribution < -0.4 is 10.1 Å². The molecule has 1 amide bonds. The van der Waals surface area contributed by atoms with Gasteiger partial charge in [0.2, 0.25) is 0 Å². The summed E-state index contributed by atoms with van der Waals surface area (Å²) in [6, 6.07) is 14.0. The van der Waals surface area contributed by atoms with Crippen molar-refractivity contribution in [1.29, 1.82) is 0 Å². The fraction of sp³-hybridized carbons (Fsp3) is 0.174. The molecule has 2 aromatic heterocycles. The average molecular weight is 515 g/mol. The zero-order chi connectivity index (χ0) is 24.2. The molecule has 0 saturated carbocycles. The smallest absolute Gasteiger partial charge is 0.278 e. The van der Waals surface area contributed by atoms with Gasteiger partial charge in [-0.3, -0.25) is 4.79 Å². The van der Waals surface area contributed by atoms with Crippen molar-refractivity contribution in [3.63, 3.8) is 0 Å². The van der Waals surface area contributed by atoms with Crippen molar-refractivity contribution in [2.45, 2.75) is 24.8 Å². The molecule has 2 heterocycles. The van der Waals surface area contributed by atoms with Crippen LogP contribution >= 0.6 is 35.0 Å². The van der Waals surface area contributed by atoms with E-state index in [1.165, 1.54) is 18.9 Å². The number of ether oxygens (including phenoxy) is 1. The molecule has 174 valence electrons. The number of hydrogen-bond acceptors (Lipinski definition) is 7. The minimum atomic E-state index is -0.447. The van der Waals surface area contributed by atoms with Gasteiger partial charge in [-0.05, 0) is 62.4 Å². The third-order valence-corrected chi connectivity index (χ3v) is 6.10. The van der Waals surface area contributed by atoms with E-state index in [1.807, 2.05) is 19.9 Å². The molecule has 0 spiro atoms. The van der Waals surface area contributed by atoms with Crippen LogP contribution in [0.3, 0.4) is 0 Å². The number of aromatic nitrogens is 5. The minimum Gasteiger partial charge on any atom is -0.495 e. The van der Waals surface area contributed by atoms with Crippen LogP contribution in [0.2, 0.25) is 10.0 Å². The number of thioether (sulfide) groups is 1. The Labute approximate surface area is 210 Å². The number of amides is 1. The van der Waals surface area contributed by atoms with Crippen LogP contribution in [0.1, 0.15) is 27.6 Å². The van der Waals surface area contributed by atoms with Gasteiger partial charge in [-0.1, -0.05) is 40.2 Å². The molecule has 0 bridgehead atoms. The largest absolute Gasteiger partial charge is 0.495 e. The molecule has 0 aliphatic rings. The Kier molecular flexibility index (Phi) is 7.35. The van der Waals surface area contributed by atoms with Gasteiger partial charge in [-0.15, -0.1) is 5.10 Å². The highest BCUT2D eigenvalue weighted by Gasteiger charge is 2.22. The molecule has 8 nitrogen and oxygen atoms in total. The van der Waals surface area contributed by atoms with Gasteiger partial charge in [0.25, 0.3) is 5.91 Å². The lowest BCUT2D eigenvalue weighted by molar-refractivity contribution is 0.102. The Bertz CT molecular complexity index is 1320. The molecule has 0 fully saturated rings. The second-order valence-corrected chi connectivity index (χ2v) is 9.11. The standard InChI is InChI=1S/C23H20Cl2N6O2S/c1-13-10-14(2)27-23(26-13)34-12-19-21(29-30-31(19)17-7-4-15(24)5-8-17)22(32)28-18-11-16(25)6-9-20(18)33-3/h4-11H,12H2,1-3H3,(H,28,32). The number of nitrogens with zero attached hydrogens (tertiary/aromatic N) is 5. The maximum absolute atomic E-state index is 13.2. The normalized spacial score (nSPS) is 10.9. The predicted molar refractivity (Wildman–Crippen MR) is 133 cm³/mol. The van der Waals surface area contributed by atoms with Crippen LogP contribution in [0, 0.1) is 13.8 Å². The van der Waals surface area contributed by atoms with E-state index in [-0.39, 0.29) is 5.69 Å². The van der Waals surface area contributed by atoms with E-state index in [1.54, 1.807) is 47.1 Å². The molecular weight excluding hydrogens is 495 g/mol. The van der Waals surface area contributed by atoms with Crippen molar-refractivity contribution in [2.75, 3.05) is 12.4 Å². The summed E-state index contributed by atoms with van der Waals surface area (Å²) in [5.41, 5.74) is 3.61. The van der Waals surface area contributed by atoms with Crippen LogP contribution in [0.5, 0.6) is 5.75 Å². The number of halogens is 2. The topological polar surface area (TPSA) is 94.8 Å². The Morgan fingerprint density at radius 3 is 2.38 bits per heavy atom. The molecule has 0 atom stereocenters. The van der Waals surface area contributed by atoms with Gasteiger partial charge >= 0.3 is 0 Å². The summed E-state index contributed by atoms with van der Waals surface area (Å²) in [6.45, 7) is 3.82. The number of nitrogens with one attached hydrogen (secondary N) is 1. The molecule has 1 N–H and O–H groups in total. The van der Waals surface area contributed by atoms with Crippen LogP contribution in [-0.4, -0.2) is 38.0 Å². The Morgan fingerprint density at radius 1 is 1.03 bits per heavy atom. The lowest BCUT2D eigenvalue weighted by atomic mass is 10.2. The number of aryl methyl sites for hydroxylation is 2. The first-order chi connectivity index (χ1) is 16.3. The summed E-state index contributed by atoms with van der Waals surface area (Å²) >= 11 is 13.5. The highest BCUT2D eigenvalue weighted by Crippen LogP contribution is 2.29. The van der Waals surface area contributed by atoms with Gasteiger partial charge in [0, 0.05) is 27.2 Å². The Balaban J connectivity index is 1.69. The van der Waals surface area contributed by atoms with E-state index in [0.717, 1.165) is 11.4 Å². The molecule has 0 aliphatic carbocycles. The van der Waals surface area contributed by atoms with Crippen molar-refractivity contribution >= 4 is 46.6 Å². The quantitative estimate of drug-likeness (QED) is 0.255. The first kappa shape index (κ1) is 24.0. The number of rotatable bonds is 7. The van der Waals surface area contributed by atoms with Crippen molar-refractivity contribution in [3.8, 4) is 11.4 Å². The van der Waals surface area contributed by atoms with E-state index >= 15 is 0 Å². The van der Waals surface area contributed by atoms with E-state index in [9.17, 15) is 4.79 Å². The van der Waals surface area contributed by atoms with E-state index in [4.69, 9.17) is 27.9 Å². The monoisotopic (exact) mass is 514 g/mol. The average Bonchev–Trinajstić information content (AvgIpc) is 3.22. The number of anilines is 1. The van der Waals surface area contributed by atoms with Crippen molar-refractivity contribution in [1.82, 2.24) is 25.0 Å². The van der Waals surface area contributed by atoms with Gasteiger partial charge in [0.1, 0.15) is 5.75 Å². The van der Waals surface area contributed by atoms with Crippen LogP contribution in [0.15, 0.2) is 53.7 Å². The summed E-state index contributed by atoms with van der Waals surface area (Å²) in [5.74, 6) is 0.383. The number of carbonyl (C=O) groups is 1. The molecule has 11 heteroatoms. The predicted octanol–water partition coefficient (Wildman–Crippen LogP) is 5.53. The van der Waals surface area contributed by atoms with Gasteiger partial charge in [0.05, 0.1) is 24.2 Å². The molecule has 2 aromatic carbocycles. The molecule has 0 aliphatic heterocycles. The summed E-state index contributed by atoms with van der Waals surface area (Å²) in [6.07, 6.45) is 0. The zero-order valence-electron chi connectivity index (χ0n) is 18.5. The number of hydrogen-bond donors (Lipinski definition) is 1. The molecule has 0 unspecified atom stereocenters. The Hall–Kier alpha value is -3.14. The summed E-state index contributed by atoms with van der Waals surface area (Å²) in [5, 5.41) is 12.9. The van der Waals surface area contributed by atoms with Crippen molar-refractivity contribution in [3.05, 3.63) is 81.4 Å². The summed E-state index contributed by atoms with van der Waals surface area (Å²) in [4.78, 5) is 22.2. The highest BCUT2D eigenvalue weighted by molar-refractivity contribution is 7.98. The van der Waals surface area contributed by atoms with E-state index in [0.29, 0.717) is 43.8 Å². The number of benzene rings is 2. The van der Waals surface area contributed by atoms with E-state index in [2.05, 4.69) is 25.6 Å². The molecule has 4 aromatic rings. The number of methoxy groups -OCH3 is 1. The minimum absolute atomic E-state index is 0.161. The molecule has 0 saturated heterocycles. The molecule has 4 rings (SSSR count). The first-order valence-electron chi connectivity index (χ1n) is 10.1. The van der Waals surface area contributed by atoms with E-state index < -0.39 is 5.91 Å². The highest BCUT2D eigenvalue weighted by atomic mass is 35.5. The molecular formula is C23H20Cl2N6O2S. The van der Waals surface area contributed by atoms with Gasteiger partial charge in [0.15, 0.2) is 10.9 Å². The van der Waals surface area contributed by atoms with Gasteiger partial charge in [-0.2, -0.15) is 0 Å². The zero-order valence-corrected chi connectivity index (χ0v) is 20.9. The maximum atomic E-state index is 13.2. The van der Waals surface area contributed by atoms with Crippen LogP contribution in [0.25, 0.3) is 5.69 Å². The van der Waals surface area contributed by atoms with Gasteiger partial charge in [-0.25, -0.2) is 14.6 Å². The third-order valence-electron chi connectivity index (χ3n) is 4.76. The molecule has 0 radical (unpaired) electrons. The second kappa shape index (κ2) is 10.4. The van der Waals surface area contributed by atoms with Gasteiger partial charge < -0.3 is 10.1 Å². The lowest BCUT2D eigenvalue weighted by Crippen LogP contribution is -2.16.